The maximum atomic E-state index is 13.0. The molecule has 1 heterocycles. The zero-order valence-electron chi connectivity index (χ0n) is 10.3. The Kier molecular flexibility index (Phi) is 3.87. The number of ketones is 1. The van der Waals surface area contributed by atoms with Crippen molar-refractivity contribution in [2.45, 2.75) is 19.3 Å². The van der Waals surface area contributed by atoms with E-state index in [4.69, 9.17) is 0 Å². The van der Waals surface area contributed by atoms with E-state index in [0.717, 1.165) is 11.3 Å². The van der Waals surface area contributed by atoms with Gasteiger partial charge in [0.25, 0.3) is 0 Å². The molecule has 18 heavy (non-hydrogen) atoms. The third-order valence-corrected chi connectivity index (χ3v) is 2.87. The highest BCUT2D eigenvalue weighted by Gasteiger charge is 2.06. The Labute approximate surface area is 105 Å². The lowest BCUT2D eigenvalue weighted by Gasteiger charge is -2.03. The molecule has 0 atom stereocenters. The fourth-order valence-electron chi connectivity index (χ4n) is 1.88. The minimum absolute atomic E-state index is 0.113. The first-order valence-electron chi connectivity index (χ1n) is 5.88. The molecule has 3 nitrogen and oxygen atoms in total. The second kappa shape index (κ2) is 5.58. The summed E-state index contributed by atoms with van der Waals surface area (Å²) in [6.45, 7) is 0. The van der Waals surface area contributed by atoms with Crippen LogP contribution in [0.15, 0.2) is 36.5 Å². The lowest BCUT2D eigenvalue weighted by atomic mass is 10.0. The van der Waals surface area contributed by atoms with Gasteiger partial charge in [0.1, 0.15) is 11.6 Å². The van der Waals surface area contributed by atoms with E-state index >= 15 is 0 Å². The number of halogens is 1. The molecule has 0 aliphatic rings. The third kappa shape index (κ3) is 3.26. The number of hydrogen-bond acceptors (Lipinski definition) is 2. The lowest BCUT2D eigenvalue weighted by molar-refractivity contribution is -0.118. The van der Waals surface area contributed by atoms with Crippen molar-refractivity contribution in [2.24, 2.45) is 7.05 Å². The van der Waals surface area contributed by atoms with Gasteiger partial charge in [-0.3, -0.25) is 9.48 Å². The lowest BCUT2D eigenvalue weighted by Crippen LogP contribution is -2.06. The van der Waals surface area contributed by atoms with Crippen LogP contribution < -0.4 is 0 Å². The predicted molar refractivity (Wildman–Crippen MR) is 66.6 cm³/mol. The Morgan fingerprint density at radius 2 is 2.22 bits per heavy atom. The molecule has 2 rings (SSSR count). The average molecular weight is 246 g/mol. The number of Topliss-reactive ketones (excluding diaryl/α,β-unsaturated/α-hetero) is 1. The van der Waals surface area contributed by atoms with Crippen LogP contribution in [-0.4, -0.2) is 15.6 Å². The summed E-state index contributed by atoms with van der Waals surface area (Å²) in [5.41, 5.74) is 1.76. The first kappa shape index (κ1) is 12.5. The zero-order valence-corrected chi connectivity index (χ0v) is 10.3. The minimum Gasteiger partial charge on any atom is -0.299 e. The summed E-state index contributed by atoms with van der Waals surface area (Å²) in [6.07, 6.45) is 3.13. The normalized spacial score (nSPS) is 10.6. The van der Waals surface area contributed by atoms with Crippen LogP contribution in [0.2, 0.25) is 0 Å². The summed E-state index contributed by atoms with van der Waals surface area (Å²) in [5.74, 6) is -0.186. The fraction of sp³-hybridized carbons (Fsp3) is 0.286. The zero-order chi connectivity index (χ0) is 13.0. The monoisotopic (exact) mass is 246 g/mol. The van der Waals surface area contributed by atoms with Gasteiger partial charge in [0.15, 0.2) is 0 Å². The van der Waals surface area contributed by atoms with Gasteiger partial charge in [-0.25, -0.2) is 4.39 Å². The Bertz CT molecular complexity index is 548. The van der Waals surface area contributed by atoms with Gasteiger partial charge in [-0.1, -0.05) is 12.1 Å². The molecule has 0 aliphatic carbocycles. The standard InChI is InChI=1S/C14H15FN2O/c1-17-13(7-8-16-17)5-6-14(18)10-11-3-2-4-12(15)9-11/h2-4,7-9H,5-6,10H2,1H3. The largest absolute Gasteiger partial charge is 0.299 e. The van der Waals surface area contributed by atoms with E-state index in [2.05, 4.69) is 5.10 Å². The van der Waals surface area contributed by atoms with Crippen molar-refractivity contribution in [2.75, 3.05) is 0 Å². The number of nitrogens with zero attached hydrogens (tertiary/aromatic N) is 2. The van der Waals surface area contributed by atoms with Crippen molar-refractivity contribution in [1.82, 2.24) is 9.78 Å². The van der Waals surface area contributed by atoms with E-state index in [1.165, 1.54) is 12.1 Å². The second-order valence-corrected chi connectivity index (χ2v) is 4.29. The van der Waals surface area contributed by atoms with Crippen LogP contribution in [0.4, 0.5) is 4.39 Å². The first-order valence-corrected chi connectivity index (χ1v) is 5.88. The predicted octanol–water partition coefficient (Wildman–Crippen LogP) is 2.30. The number of hydrogen-bond donors (Lipinski definition) is 0. The molecule has 0 radical (unpaired) electrons. The number of aromatic nitrogens is 2. The molecule has 0 aliphatic heterocycles. The molecular formula is C14H15FN2O. The number of carbonyl (C=O) groups excluding carboxylic acids is 1. The summed E-state index contributed by atoms with van der Waals surface area (Å²) < 4.78 is 14.7. The van der Waals surface area contributed by atoms with Gasteiger partial charge >= 0.3 is 0 Å². The Balaban J connectivity index is 1.88. The summed E-state index contributed by atoms with van der Waals surface area (Å²) in [4.78, 5) is 11.8. The average Bonchev–Trinajstić information content (AvgIpc) is 2.72. The van der Waals surface area contributed by atoms with E-state index in [1.54, 1.807) is 23.0 Å². The van der Waals surface area contributed by atoms with Gasteiger partial charge in [-0.05, 0) is 30.2 Å². The molecule has 2 aromatic rings. The molecule has 0 saturated heterocycles. The Morgan fingerprint density at radius 3 is 2.89 bits per heavy atom. The molecule has 1 aromatic heterocycles. The van der Waals surface area contributed by atoms with Crippen molar-refractivity contribution < 1.29 is 9.18 Å². The van der Waals surface area contributed by atoms with E-state index < -0.39 is 0 Å². The number of carbonyl (C=O) groups is 1. The summed E-state index contributed by atoms with van der Waals surface area (Å²) in [5, 5.41) is 4.05. The summed E-state index contributed by atoms with van der Waals surface area (Å²) in [6, 6.07) is 8.07. The number of aryl methyl sites for hydroxylation is 2. The van der Waals surface area contributed by atoms with Crippen LogP contribution in [-0.2, 0) is 24.7 Å². The first-order chi connectivity index (χ1) is 8.65. The van der Waals surface area contributed by atoms with Gasteiger partial charge < -0.3 is 0 Å². The van der Waals surface area contributed by atoms with E-state index in [0.29, 0.717) is 12.8 Å². The Morgan fingerprint density at radius 1 is 1.39 bits per heavy atom. The van der Waals surface area contributed by atoms with E-state index in [1.807, 2.05) is 13.1 Å². The van der Waals surface area contributed by atoms with E-state index in [9.17, 15) is 9.18 Å². The Hall–Kier alpha value is -1.97. The third-order valence-electron chi connectivity index (χ3n) is 2.87. The van der Waals surface area contributed by atoms with Crippen molar-refractivity contribution in [3.05, 3.63) is 53.6 Å². The molecule has 0 saturated carbocycles. The van der Waals surface area contributed by atoms with Crippen molar-refractivity contribution in [3.63, 3.8) is 0 Å². The van der Waals surface area contributed by atoms with Crippen LogP contribution in [0, 0.1) is 5.82 Å². The molecule has 0 spiro atoms. The number of rotatable bonds is 5. The maximum absolute atomic E-state index is 13.0. The van der Waals surface area contributed by atoms with Crippen LogP contribution in [0.25, 0.3) is 0 Å². The molecule has 0 fully saturated rings. The topological polar surface area (TPSA) is 34.9 Å². The second-order valence-electron chi connectivity index (χ2n) is 4.29. The highest BCUT2D eigenvalue weighted by atomic mass is 19.1. The summed E-state index contributed by atoms with van der Waals surface area (Å²) in [7, 11) is 1.85. The molecular weight excluding hydrogens is 231 g/mol. The van der Waals surface area contributed by atoms with Gasteiger partial charge in [0.05, 0.1) is 0 Å². The van der Waals surface area contributed by atoms with Crippen LogP contribution in [0.3, 0.4) is 0 Å². The smallest absolute Gasteiger partial charge is 0.137 e. The SMILES string of the molecule is Cn1nccc1CCC(=O)Cc1cccc(F)c1. The van der Waals surface area contributed by atoms with Gasteiger partial charge in [0.2, 0.25) is 0 Å². The molecule has 0 amide bonds. The van der Waals surface area contributed by atoms with E-state index in [-0.39, 0.29) is 18.0 Å². The molecule has 94 valence electrons. The number of benzene rings is 1. The van der Waals surface area contributed by atoms with Crippen LogP contribution in [0.5, 0.6) is 0 Å². The highest BCUT2D eigenvalue weighted by molar-refractivity contribution is 5.81. The molecule has 0 unspecified atom stereocenters. The minimum atomic E-state index is -0.299. The highest BCUT2D eigenvalue weighted by Crippen LogP contribution is 2.08. The van der Waals surface area contributed by atoms with Crippen molar-refractivity contribution in [3.8, 4) is 0 Å². The van der Waals surface area contributed by atoms with Gasteiger partial charge in [-0.2, -0.15) is 5.10 Å². The van der Waals surface area contributed by atoms with Gasteiger partial charge in [0, 0.05) is 31.8 Å². The molecule has 1 aromatic carbocycles. The van der Waals surface area contributed by atoms with Gasteiger partial charge in [-0.15, -0.1) is 0 Å². The van der Waals surface area contributed by atoms with Crippen LogP contribution >= 0.6 is 0 Å². The van der Waals surface area contributed by atoms with Crippen molar-refractivity contribution in [1.29, 1.82) is 0 Å². The molecule has 0 N–H and O–H groups in total. The summed E-state index contributed by atoms with van der Waals surface area (Å²) >= 11 is 0. The van der Waals surface area contributed by atoms with Crippen LogP contribution in [0.1, 0.15) is 17.7 Å². The fourth-order valence-corrected chi connectivity index (χ4v) is 1.88. The maximum Gasteiger partial charge on any atom is 0.137 e. The quantitative estimate of drug-likeness (QED) is 0.811. The molecule has 4 heteroatoms. The van der Waals surface area contributed by atoms with Crippen molar-refractivity contribution >= 4 is 5.78 Å². The molecule has 0 bridgehead atoms.